The van der Waals surface area contributed by atoms with Crippen molar-refractivity contribution in [3.63, 3.8) is 0 Å². The number of para-hydroxylation sites is 1. The van der Waals surface area contributed by atoms with Gasteiger partial charge in [-0.25, -0.2) is 0 Å². The lowest BCUT2D eigenvalue weighted by Gasteiger charge is -2.23. The number of nitrogens with two attached hydrogens (primary N) is 1. The van der Waals surface area contributed by atoms with Crippen LogP contribution in [0.5, 0.6) is 0 Å². The van der Waals surface area contributed by atoms with Crippen LogP contribution in [0.2, 0.25) is 5.02 Å². The average molecular weight is 261 g/mol. The summed E-state index contributed by atoms with van der Waals surface area (Å²) >= 11 is 6.23. The number of rotatable bonds is 2. The smallest absolute Gasteiger partial charge is 0.0830 e. The van der Waals surface area contributed by atoms with Crippen LogP contribution in [-0.2, 0) is 0 Å². The Hall–Kier alpha value is -1.67. The van der Waals surface area contributed by atoms with Crippen molar-refractivity contribution in [1.82, 2.24) is 0 Å². The first-order chi connectivity index (χ1) is 8.49. The van der Waals surface area contributed by atoms with E-state index < -0.39 is 0 Å². The Kier molecular flexibility index (Phi) is 3.48. The van der Waals surface area contributed by atoms with Crippen LogP contribution in [0.25, 0.3) is 0 Å². The Morgan fingerprint density at radius 3 is 2.22 bits per heavy atom. The zero-order valence-electron chi connectivity index (χ0n) is 10.9. The number of benzene rings is 2. The number of nitrogens with zero attached hydrogens (tertiary/aromatic N) is 1. The van der Waals surface area contributed by atoms with Crippen molar-refractivity contribution in [1.29, 1.82) is 0 Å². The summed E-state index contributed by atoms with van der Waals surface area (Å²) in [5, 5.41) is 0.664. The summed E-state index contributed by atoms with van der Waals surface area (Å²) < 4.78 is 0. The van der Waals surface area contributed by atoms with Crippen molar-refractivity contribution in [2.75, 3.05) is 17.7 Å². The Morgan fingerprint density at radius 2 is 1.67 bits per heavy atom. The second-order valence-electron chi connectivity index (χ2n) is 4.58. The summed E-state index contributed by atoms with van der Waals surface area (Å²) in [7, 11) is 1.98. The van der Waals surface area contributed by atoms with Gasteiger partial charge in [-0.3, -0.25) is 0 Å². The summed E-state index contributed by atoms with van der Waals surface area (Å²) in [5.74, 6) is 0. The number of nitrogen functional groups attached to an aromatic ring is 1. The van der Waals surface area contributed by atoms with E-state index in [1.165, 1.54) is 11.1 Å². The maximum absolute atomic E-state index is 6.23. The molecule has 0 spiro atoms. The molecule has 94 valence electrons. The van der Waals surface area contributed by atoms with Gasteiger partial charge >= 0.3 is 0 Å². The van der Waals surface area contributed by atoms with Gasteiger partial charge in [0.25, 0.3) is 0 Å². The van der Waals surface area contributed by atoms with Crippen LogP contribution < -0.4 is 10.6 Å². The van der Waals surface area contributed by atoms with Crippen LogP contribution in [0.1, 0.15) is 11.1 Å². The number of hydrogen-bond donors (Lipinski definition) is 1. The fraction of sp³-hybridized carbons (Fsp3) is 0.200. The lowest BCUT2D eigenvalue weighted by molar-refractivity contribution is 1.19. The van der Waals surface area contributed by atoms with Gasteiger partial charge in [-0.15, -0.1) is 0 Å². The minimum atomic E-state index is 0.664. The van der Waals surface area contributed by atoms with E-state index in [4.69, 9.17) is 17.3 Å². The first-order valence-electron chi connectivity index (χ1n) is 5.85. The topological polar surface area (TPSA) is 29.3 Å². The highest BCUT2D eigenvalue weighted by molar-refractivity contribution is 6.34. The van der Waals surface area contributed by atoms with Crippen LogP contribution in [0.15, 0.2) is 36.4 Å². The second-order valence-corrected chi connectivity index (χ2v) is 4.99. The largest absolute Gasteiger partial charge is 0.397 e. The summed E-state index contributed by atoms with van der Waals surface area (Å²) in [6.07, 6.45) is 0. The van der Waals surface area contributed by atoms with E-state index in [0.29, 0.717) is 10.7 Å². The number of aryl methyl sites for hydroxylation is 2. The molecule has 0 heterocycles. The van der Waals surface area contributed by atoms with Gasteiger partial charge in [0.2, 0.25) is 0 Å². The molecule has 0 radical (unpaired) electrons. The third-order valence-corrected chi connectivity index (χ3v) is 3.25. The minimum absolute atomic E-state index is 0.664. The molecule has 0 saturated carbocycles. The minimum Gasteiger partial charge on any atom is -0.397 e. The SMILES string of the molecule is Cc1cc(C)cc(N(C)c2c(N)cccc2Cl)c1. The zero-order chi connectivity index (χ0) is 13.3. The molecule has 3 heteroatoms. The van der Waals surface area contributed by atoms with E-state index in [2.05, 4.69) is 32.0 Å². The van der Waals surface area contributed by atoms with Gasteiger partial charge < -0.3 is 10.6 Å². The monoisotopic (exact) mass is 260 g/mol. The maximum Gasteiger partial charge on any atom is 0.0830 e. The van der Waals surface area contributed by atoms with Gasteiger partial charge in [-0.1, -0.05) is 23.7 Å². The number of anilines is 3. The molecular formula is C15H17ClN2. The maximum atomic E-state index is 6.23. The van der Waals surface area contributed by atoms with Crippen molar-refractivity contribution in [2.45, 2.75) is 13.8 Å². The summed E-state index contributed by atoms with van der Waals surface area (Å²) in [6.45, 7) is 4.17. The summed E-state index contributed by atoms with van der Waals surface area (Å²) in [6, 6.07) is 12.0. The second kappa shape index (κ2) is 4.91. The lowest BCUT2D eigenvalue weighted by atomic mass is 10.1. The molecule has 2 aromatic carbocycles. The molecule has 0 amide bonds. The van der Waals surface area contributed by atoms with Gasteiger partial charge in [0.05, 0.1) is 16.4 Å². The van der Waals surface area contributed by atoms with E-state index in [-0.39, 0.29) is 0 Å². The molecular weight excluding hydrogens is 244 g/mol. The molecule has 0 aliphatic rings. The molecule has 0 atom stereocenters. The molecule has 18 heavy (non-hydrogen) atoms. The summed E-state index contributed by atoms with van der Waals surface area (Å²) in [4.78, 5) is 2.03. The van der Waals surface area contributed by atoms with Crippen molar-refractivity contribution < 1.29 is 0 Å². The van der Waals surface area contributed by atoms with E-state index in [1.54, 1.807) is 0 Å². The molecule has 2 nitrogen and oxygen atoms in total. The molecule has 0 aliphatic heterocycles. The quantitative estimate of drug-likeness (QED) is 0.816. The fourth-order valence-electron chi connectivity index (χ4n) is 2.16. The van der Waals surface area contributed by atoms with Crippen LogP contribution in [0, 0.1) is 13.8 Å². The van der Waals surface area contributed by atoms with E-state index >= 15 is 0 Å². The summed E-state index contributed by atoms with van der Waals surface area (Å²) in [5.41, 5.74) is 11.1. The van der Waals surface area contributed by atoms with Gasteiger partial charge in [-0.05, 0) is 49.2 Å². The third kappa shape index (κ3) is 2.44. The average Bonchev–Trinajstić information content (AvgIpc) is 2.27. The Labute approximate surface area is 113 Å². The van der Waals surface area contributed by atoms with Gasteiger partial charge in [0, 0.05) is 12.7 Å². The van der Waals surface area contributed by atoms with Crippen molar-refractivity contribution >= 4 is 28.7 Å². The van der Waals surface area contributed by atoms with Gasteiger partial charge in [0.15, 0.2) is 0 Å². The van der Waals surface area contributed by atoms with Gasteiger partial charge in [-0.2, -0.15) is 0 Å². The van der Waals surface area contributed by atoms with Crippen LogP contribution in [0.4, 0.5) is 17.1 Å². The normalized spacial score (nSPS) is 10.4. The van der Waals surface area contributed by atoms with E-state index in [9.17, 15) is 0 Å². The highest BCUT2D eigenvalue weighted by Crippen LogP contribution is 2.35. The fourth-order valence-corrected chi connectivity index (χ4v) is 2.47. The molecule has 0 aromatic heterocycles. The molecule has 2 rings (SSSR count). The molecule has 0 bridgehead atoms. The molecule has 0 saturated heterocycles. The third-order valence-electron chi connectivity index (χ3n) is 2.95. The van der Waals surface area contributed by atoms with Gasteiger partial charge in [0.1, 0.15) is 0 Å². The Bertz CT molecular complexity index is 538. The molecule has 0 fully saturated rings. The Balaban J connectivity index is 2.51. The van der Waals surface area contributed by atoms with Crippen LogP contribution >= 0.6 is 11.6 Å². The molecule has 2 aromatic rings. The molecule has 0 aliphatic carbocycles. The lowest BCUT2D eigenvalue weighted by Crippen LogP contribution is -2.12. The predicted molar refractivity (Wildman–Crippen MR) is 79.8 cm³/mol. The molecule has 2 N–H and O–H groups in total. The number of halogens is 1. The van der Waals surface area contributed by atoms with E-state index in [1.807, 2.05) is 30.1 Å². The van der Waals surface area contributed by atoms with Crippen molar-refractivity contribution in [2.24, 2.45) is 0 Å². The Morgan fingerprint density at radius 1 is 1.06 bits per heavy atom. The highest BCUT2D eigenvalue weighted by atomic mass is 35.5. The van der Waals surface area contributed by atoms with Crippen molar-refractivity contribution in [3.05, 3.63) is 52.5 Å². The highest BCUT2D eigenvalue weighted by Gasteiger charge is 2.12. The number of hydrogen-bond acceptors (Lipinski definition) is 2. The van der Waals surface area contributed by atoms with Crippen molar-refractivity contribution in [3.8, 4) is 0 Å². The predicted octanol–water partition coefficient (Wildman–Crippen LogP) is 4.31. The van der Waals surface area contributed by atoms with E-state index in [0.717, 1.165) is 11.4 Å². The first-order valence-corrected chi connectivity index (χ1v) is 6.23. The van der Waals surface area contributed by atoms with Crippen LogP contribution in [0.3, 0.4) is 0 Å². The standard InChI is InChI=1S/C15H17ClN2/c1-10-7-11(2)9-12(8-10)18(3)15-13(16)5-4-6-14(15)17/h4-9H,17H2,1-3H3. The zero-order valence-corrected chi connectivity index (χ0v) is 11.6. The first kappa shape index (κ1) is 12.8. The van der Waals surface area contributed by atoms with Crippen LogP contribution in [-0.4, -0.2) is 7.05 Å². The molecule has 0 unspecified atom stereocenters.